The molecule has 1 aromatic rings. The molecule has 0 N–H and O–H groups in total. The van der Waals surface area contributed by atoms with Crippen molar-refractivity contribution in [3.8, 4) is 0 Å². The summed E-state index contributed by atoms with van der Waals surface area (Å²) in [7, 11) is -3.36. The Bertz CT molecular complexity index is 369. The third-order valence-electron chi connectivity index (χ3n) is 1.32. The number of aryl methyl sites for hydroxylation is 1. The average Bonchev–Trinajstić information content (AvgIpc) is 2.47. The van der Waals surface area contributed by atoms with Gasteiger partial charge in [-0.1, -0.05) is 6.92 Å². The van der Waals surface area contributed by atoms with Gasteiger partial charge in [0.15, 0.2) is 0 Å². The lowest BCUT2D eigenvalue weighted by atomic mass is 10.5. The molecule has 0 spiro atoms. The molecule has 0 amide bonds. The largest absolute Gasteiger partial charge is 0.264 e. The molecule has 0 saturated carbocycles. The van der Waals surface area contributed by atoms with E-state index in [1.807, 2.05) is 12.3 Å². The molecule has 1 rings (SSSR count). The van der Waals surface area contributed by atoms with Crippen molar-refractivity contribution >= 4 is 21.5 Å². The summed E-state index contributed by atoms with van der Waals surface area (Å²) < 4.78 is 25.9. The van der Waals surface area contributed by atoms with Gasteiger partial charge in [-0.3, -0.25) is 4.18 Å². The van der Waals surface area contributed by atoms with Crippen molar-refractivity contribution < 1.29 is 12.6 Å². The zero-order valence-electron chi connectivity index (χ0n) is 7.48. The average molecular weight is 221 g/mol. The van der Waals surface area contributed by atoms with E-state index >= 15 is 0 Å². The van der Waals surface area contributed by atoms with Crippen LogP contribution in [0, 0.1) is 0 Å². The van der Waals surface area contributed by atoms with Gasteiger partial charge < -0.3 is 0 Å². The summed E-state index contributed by atoms with van der Waals surface area (Å²) in [5.74, 6) is 0. The summed E-state index contributed by atoms with van der Waals surface area (Å²) >= 11 is 1.51. The minimum absolute atomic E-state index is 0.0370. The van der Waals surface area contributed by atoms with Crippen LogP contribution in [0.3, 0.4) is 0 Å². The first-order valence-corrected chi connectivity index (χ1v) is 6.48. The topological polar surface area (TPSA) is 56.3 Å². The monoisotopic (exact) mass is 221 g/mol. The predicted octanol–water partition coefficient (Wildman–Crippen LogP) is 1.18. The van der Waals surface area contributed by atoms with E-state index in [1.54, 1.807) is 0 Å². The van der Waals surface area contributed by atoms with Crippen LogP contribution in [0.4, 0.5) is 0 Å². The van der Waals surface area contributed by atoms with E-state index < -0.39 is 10.1 Å². The fourth-order valence-corrected chi connectivity index (χ4v) is 1.81. The molecule has 0 unspecified atom stereocenters. The summed E-state index contributed by atoms with van der Waals surface area (Å²) in [6.07, 6.45) is 1.89. The lowest BCUT2D eigenvalue weighted by Gasteiger charge is -1.96. The minimum atomic E-state index is -3.36. The van der Waals surface area contributed by atoms with Gasteiger partial charge in [0, 0.05) is 5.38 Å². The van der Waals surface area contributed by atoms with Crippen LogP contribution in [0.1, 0.15) is 17.6 Å². The molecular formula is C7H11NO3S2. The molecule has 0 radical (unpaired) electrons. The highest BCUT2D eigenvalue weighted by Gasteiger charge is 2.05. The number of rotatable bonds is 4. The number of hydrogen-bond acceptors (Lipinski definition) is 5. The molecule has 4 nitrogen and oxygen atoms in total. The van der Waals surface area contributed by atoms with Gasteiger partial charge in [-0.2, -0.15) is 8.42 Å². The third-order valence-corrected chi connectivity index (χ3v) is 2.91. The van der Waals surface area contributed by atoms with Gasteiger partial charge >= 0.3 is 0 Å². The molecule has 0 bridgehead atoms. The predicted molar refractivity (Wildman–Crippen MR) is 51.1 cm³/mol. The van der Waals surface area contributed by atoms with Gasteiger partial charge in [-0.05, 0) is 6.42 Å². The molecule has 0 aliphatic rings. The maximum absolute atomic E-state index is 10.6. The molecule has 1 heterocycles. The van der Waals surface area contributed by atoms with Crippen LogP contribution in [-0.4, -0.2) is 19.7 Å². The van der Waals surface area contributed by atoms with Crippen LogP contribution in [0.2, 0.25) is 0 Å². The molecule has 0 fully saturated rings. The van der Waals surface area contributed by atoms with Gasteiger partial charge in [0.05, 0.1) is 17.0 Å². The molecule has 74 valence electrons. The van der Waals surface area contributed by atoms with E-state index in [9.17, 15) is 8.42 Å². The van der Waals surface area contributed by atoms with Crippen molar-refractivity contribution in [2.24, 2.45) is 0 Å². The van der Waals surface area contributed by atoms with Gasteiger partial charge in [0.2, 0.25) is 0 Å². The number of nitrogens with zero attached hydrogens (tertiary/aromatic N) is 1. The normalized spacial score (nSPS) is 11.8. The van der Waals surface area contributed by atoms with E-state index in [0.29, 0.717) is 5.69 Å². The zero-order valence-corrected chi connectivity index (χ0v) is 9.11. The van der Waals surface area contributed by atoms with Crippen LogP contribution in [0.15, 0.2) is 5.38 Å². The van der Waals surface area contributed by atoms with Crippen molar-refractivity contribution in [2.75, 3.05) is 6.26 Å². The molecule has 0 aromatic carbocycles. The number of hydrogen-bond donors (Lipinski definition) is 0. The van der Waals surface area contributed by atoms with E-state index in [0.717, 1.165) is 17.7 Å². The van der Waals surface area contributed by atoms with Crippen LogP contribution in [-0.2, 0) is 27.3 Å². The molecule has 1 aromatic heterocycles. The Morgan fingerprint density at radius 3 is 2.77 bits per heavy atom. The van der Waals surface area contributed by atoms with Crippen molar-refractivity contribution in [3.63, 3.8) is 0 Å². The number of aromatic nitrogens is 1. The second-order valence-corrected chi connectivity index (χ2v) is 5.14. The zero-order chi connectivity index (χ0) is 9.90. The van der Waals surface area contributed by atoms with E-state index in [4.69, 9.17) is 0 Å². The van der Waals surface area contributed by atoms with E-state index in [1.165, 1.54) is 11.3 Å². The van der Waals surface area contributed by atoms with Crippen molar-refractivity contribution in [1.82, 2.24) is 4.98 Å². The van der Waals surface area contributed by atoms with Crippen LogP contribution in [0.25, 0.3) is 0 Å². The highest BCUT2D eigenvalue weighted by molar-refractivity contribution is 7.85. The molecule has 13 heavy (non-hydrogen) atoms. The fraction of sp³-hybridized carbons (Fsp3) is 0.571. The molecule has 0 aliphatic heterocycles. The SMILES string of the molecule is CCc1nc(COS(C)(=O)=O)cs1. The minimum Gasteiger partial charge on any atom is -0.264 e. The quantitative estimate of drug-likeness (QED) is 0.716. The molecule has 0 saturated heterocycles. The summed E-state index contributed by atoms with van der Waals surface area (Å²) in [6, 6.07) is 0. The molecule has 0 atom stereocenters. The highest BCUT2D eigenvalue weighted by Crippen LogP contribution is 2.11. The van der Waals surface area contributed by atoms with E-state index in [2.05, 4.69) is 9.17 Å². The lowest BCUT2D eigenvalue weighted by Crippen LogP contribution is -2.02. The summed E-state index contributed by atoms with van der Waals surface area (Å²) in [4.78, 5) is 4.16. The van der Waals surface area contributed by atoms with E-state index in [-0.39, 0.29) is 6.61 Å². The Balaban J connectivity index is 2.55. The first kappa shape index (κ1) is 10.6. The second-order valence-electron chi connectivity index (χ2n) is 2.55. The first-order chi connectivity index (χ1) is 6.01. The maximum Gasteiger partial charge on any atom is 0.264 e. The fourth-order valence-electron chi connectivity index (χ4n) is 0.745. The standard InChI is InChI=1S/C7H11NO3S2/c1-3-7-8-6(5-12-7)4-11-13(2,9)10/h5H,3-4H2,1-2H3. The summed E-state index contributed by atoms with van der Waals surface area (Å²) in [6.45, 7) is 2.04. The molecule has 6 heteroatoms. The van der Waals surface area contributed by atoms with Crippen molar-refractivity contribution in [1.29, 1.82) is 0 Å². The summed E-state index contributed by atoms with van der Waals surface area (Å²) in [5.41, 5.74) is 0.673. The number of thiazole rings is 1. The van der Waals surface area contributed by atoms with Gasteiger partial charge in [0.25, 0.3) is 10.1 Å². The smallest absolute Gasteiger partial charge is 0.264 e. The first-order valence-electron chi connectivity index (χ1n) is 3.79. The Kier molecular flexibility index (Phi) is 3.40. The Morgan fingerprint density at radius 2 is 2.31 bits per heavy atom. The van der Waals surface area contributed by atoms with Gasteiger partial charge in [-0.15, -0.1) is 11.3 Å². The molecular weight excluding hydrogens is 210 g/mol. The van der Waals surface area contributed by atoms with Gasteiger partial charge in [0.1, 0.15) is 6.61 Å². The van der Waals surface area contributed by atoms with Crippen LogP contribution >= 0.6 is 11.3 Å². The van der Waals surface area contributed by atoms with Crippen molar-refractivity contribution in [3.05, 3.63) is 16.1 Å². The second kappa shape index (κ2) is 4.17. The van der Waals surface area contributed by atoms with Crippen molar-refractivity contribution in [2.45, 2.75) is 20.0 Å². The maximum atomic E-state index is 10.6. The Morgan fingerprint density at radius 1 is 1.62 bits per heavy atom. The Labute approximate surface area is 81.7 Å². The highest BCUT2D eigenvalue weighted by atomic mass is 32.2. The summed E-state index contributed by atoms with van der Waals surface area (Å²) in [5, 5.41) is 2.80. The Hall–Kier alpha value is -0.460. The third kappa shape index (κ3) is 3.84. The molecule has 0 aliphatic carbocycles. The van der Waals surface area contributed by atoms with Crippen LogP contribution in [0.5, 0.6) is 0 Å². The van der Waals surface area contributed by atoms with Gasteiger partial charge in [-0.25, -0.2) is 4.98 Å². The lowest BCUT2D eigenvalue weighted by molar-refractivity contribution is 0.307. The van der Waals surface area contributed by atoms with Crippen LogP contribution < -0.4 is 0 Å².